The van der Waals surface area contributed by atoms with Gasteiger partial charge in [-0.2, -0.15) is 0 Å². The number of carbonyl (C=O) groups is 1. The van der Waals surface area contributed by atoms with Crippen LogP contribution in [0.4, 0.5) is 5.69 Å². The average molecular weight is 441 g/mol. The first kappa shape index (κ1) is 21.8. The molecule has 0 bridgehead atoms. The number of nitrogens with zero attached hydrogens (tertiary/aromatic N) is 2. The molecule has 0 radical (unpaired) electrons. The maximum atomic E-state index is 12.9. The third-order valence-electron chi connectivity index (χ3n) is 8.82. The Morgan fingerprint density at radius 2 is 2.03 bits per heavy atom. The lowest BCUT2D eigenvalue weighted by molar-refractivity contribution is -0.145. The number of benzene rings is 1. The number of fused-ring (bicyclic) bond motifs is 2. The van der Waals surface area contributed by atoms with Crippen LogP contribution in [0.3, 0.4) is 0 Å². The molecule has 2 aliphatic heterocycles. The minimum absolute atomic E-state index is 0.110. The summed E-state index contributed by atoms with van der Waals surface area (Å²) >= 11 is 0. The highest BCUT2D eigenvalue weighted by molar-refractivity contribution is 5.76. The maximum absolute atomic E-state index is 12.9. The Morgan fingerprint density at radius 1 is 1.25 bits per heavy atom. The Balaban J connectivity index is 1.26. The van der Waals surface area contributed by atoms with Crippen molar-refractivity contribution in [3.63, 3.8) is 0 Å². The molecule has 1 aromatic carbocycles. The summed E-state index contributed by atoms with van der Waals surface area (Å²) in [6.45, 7) is 8.74. The van der Waals surface area contributed by atoms with Gasteiger partial charge in [-0.3, -0.25) is 9.69 Å². The number of carbonyl (C=O) groups excluding carboxylic acids is 1. The van der Waals surface area contributed by atoms with Gasteiger partial charge in [0, 0.05) is 62.2 Å². The summed E-state index contributed by atoms with van der Waals surface area (Å²) in [5.74, 6) is 0.813. The highest BCUT2D eigenvalue weighted by Crippen LogP contribution is 2.56. The molecular formula is C26H36N2O4. The summed E-state index contributed by atoms with van der Waals surface area (Å²) in [5, 5.41) is 11.6. The first-order valence-corrected chi connectivity index (χ1v) is 12.1. The molecule has 174 valence electrons. The number of aliphatic hydroxyl groups excluding tert-OH is 1. The van der Waals surface area contributed by atoms with Gasteiger partial charge in [-0.05, 0) is 30.9 Å². The number of aliphatic hydroxyl groups is 1. The first-order chi connectivity index (χ1) is 15.4. The van der Waals surface area contributed by atoms with E-state index in [2.05, 4.69) is 41.9 Å². The van der Waals surface area contributed by atoms with E-state index >= 15 is 0 Å². The maximum Gasteiger partial charge on any atom is 0.311 e. The predicted octanol–water partition coefficient (Wildman–Crippen LogP) is 3.10. The summed E-state index contributed by atoms with van der Waals surface area (Å²) < 4.78 is 11.2. The SMILES string of the molecule is COc1cccc(N2CCN(C[C@H]3C(=O)O[C@@H]4CC5=CCC[C@@H](C)[C@@]5(C)[C@H](O)[C@H]43)CC2)c1. The van der Waals surface area contributed by atoms with Crippen LogP contribution in [-0.4, -0.2) is 68.0 Å². The molecule has 3 fully saturated rings. The number of ether oxygens (including phenoxy) is 2. The number of allylic oxidation sites excluding steroid dienone is 1. The van der Waals surface area contributed by atoms with Crippen molar-refractivity contribution in [2.45, 2.75) is 45.3 Å². The third kappa shape index (κ3) is 3.52. The fourth-order valence-corrected chi connectivity index (χ4v) is 6.55. The highest BCUT2D eigenvalue weighted by Gasteiger charge is 2.59. The zero-order valence-electron chi connectivity index (χ0n) is 19.5. The Labute approximate surface area is 191 Å². The van der Waals surface area contributed by atoms with Gasteiger partial charge in [0.2, 0.25) is 0 Å². The van der Waals surface area contributed by atoms with Crippen molar-refractivity contribution < 1.29 is 19.4 Å². The van der Waals surface area contributed by atoms with Gasteiger partial charge >= 0.3 is 5.97 Å². The third-order valence-corrected chi connectivity index (χ3v) is 8.82. The normalized spacial score (nSPS) is 37.4. The lowest BCUT2D eigenvalue weighted by atomic mass is 9.55. The zero-order valence-corrected chi connectivity index (χ0v) is 19.5. The average Bonchev–Trinajstić information content (AvgIpc) is 3.11. The number of hydrogen-bond acceptors (Lipinski definition) is 6. The summed E-state index contributed by atoms with van der Waals surface area (Å²) in [4.78, 5) is 17.6. The summed E-state index contributed by atoms with van der Waals surface area (Å²) in [6, 6.07) is 8.18. The van der Waals surface area contributed by atoms with Crippen LogP contribution >= 0.6 is 0 Å². The number of rotatable bonds is 4. The number of piperazine rings is 1. The van der Waals surface area contributed by atoms with Crippen LogP contribution in [0.2, 0.25) is 0 Å². The van der Waals surface area contributed by atoms with Crippen molar-refractivity contribution in [3.05, 3.63) is 35.9 Å². The monoisotopic (exact) mass is 440 g/mol. The van der Waals surface area contributed by atoms with Crippen LogP contribution in [0.1, 0.15) is 33.1 Å². The van der Waals surface area contributed by atoms with E-state index < -0.39 is 6.10 Å². The van der Waals surface area contributed by atoms with E-state index in [9.17, 15) is 9.90 Å². The summed E-state index contributed by atoms with van der Waals surface area (Å²) in [6.07, 6.45) is 4.53. The zero-order chi connectivity index (χ0) is 22.5. The second-order valence-electron chi connectivity index (χ2n) is 10.3. The van der Waals surface area contributed by atoms with Crippen molar-refractivity contribution in [2.24, 2.45) is 23.2 Å². The summed E-state index contributed by atoms with van der Waals surface area (Å²) in [7, 11) is 1.69. The van der Waals surface area contributed by atoms with Gasteiger partial charge in [-0.1, -0.05) is 31.6 Å². The molecule has 5 rings (SSSR count). The molecule has 4 aliphatic rings. The van der Waals surface area contributed by atoms with Crippen molar-refractivity contribution in [1.29, 1.82) is 0 Å². The Hall–Kier alpha value is -2.05. The molecule has 6 heteroatoms. The van der Waals surface area contributed by atoms with E-state index in [1.165, 1.54) is 11.3 Å². The van der Waals surface area contributed by atoms with Crippen molar-refractivity contribution >= 4 is 11.7 Å². The molecular weight excluding hydrogens is 404 g/mol. The van der Waals surface area contributed by atoms with Crippen molar-refractivity contribution in [1.82, 2.24) is 4.90 Å². The minimum atomic E-state index is -0.530. The van der Waals surface area contributed by atoms with Gasteiger partial charge in [0.15, 0.2) is 0 Å². The predicted molar refractivity (Wildman–Crippen MR) is 124 cm³/mol. The molecule has 6 atom stereocenters. The molecule has 1 aromatic rings. The van der Waals surface area contributed by atoms with Crippen LogP contribution in [0.15, 0.2) is 35.9 Å². The van der Waals surface area contributed by atoms with E-state index in [0.717, 1.165) is 51.2 Å². The Bertz CT molecular complexity index is 894. The second kappa shape index (κ2) is 8.38. The molecule has 1 N–H and O–H groups in total. The molecule has 2 heterocycles. The van der Waals surface area contributed by atoms with Crippen LogP contribution in [0.5, 0.6) is 5.75 Å². The molecule has 0 aromatic heterocycles. The van der Waals surface area contributed by atoms with Gasteiger partial charge in [-0.15, -0.1) is 0 Å². The van der Waals surface area contributed by atoms with E-state index in [1.54, 1.807) is 7.11 Å². The van der Waals surface area contributed by atoms with E-state index in [1.807, 2.05) is 12.1 Å². The number of methoxy groups -OCH3 is 1. The van der Waals surface area contributed by atoms with Gasteiger partial charge in [-0.25, -0.2) is 0 Å². The van der Waals surface area contributed by atoms with Crippen LogP contribution in [-0.2, 0) is 9.53 Å². The second-order valence-corrected chi connectivity index (χ2v) is 10.3. The smallest absolute Gasteiger partial charge is 0.311 e. The first-order valence-electron chi connectivity index (χ1n) is 12.1. The quantitative estimate of drug-likeness (QED) is 0.574. The van der Waals surface area contributed by atoms with Gasteiger partial charge in [0.25, 0.3) is 0 Å². The fraction of sp³-hybridized carbons (Fsp3) is 0.654. The number of hydrogen-bond donors (Lipinski definition) is 1. The van der Waals surface area contributed by atoms with E-state index in [4.69, 9.17) is 9.47 Å². The molecule has 6 nitrogen and oxygen atoms in total. The van der Waals surface area contributed by atoms with Crippen molar-refractivity contribution in [3.8, 4) is 5.75 Å². The highest BCUT2D eigenvalue weighted by atomic mass is 16.6. The van der Waals surface area contributed by atoms with E-state index in [-0.39, 0.29) is 29.3 Å². The molecule has 2 saturated heterocycles. The van der Waals surface area contributed by atoms with Crippen molar-refractivity contribution in [2.75, 3.05) is 44.7 Å². The lowest BCUT2D eigenvalue weighted by Crippen LogP contribution is -2.55. The molecule has 0 amide bonds. The largest absolute Gasteiger partial charge is 0.497 e. The molecule has 2 aliphatic carbocycles. The van der Waals surface area contributed by atoms with E-state index in [0.29, 0.717) is 12.5 Å². The lowest BCUT2D eigenvalue weighted by Gasteiger charge is -2.52. The minimum Gasteiger partial charge on any atom is -0.497 e. The standard InChI is InChI=1S/C26H36N2O4/c1-17-6-4-7-18-14-22-23(24(29)26(17,18)2)21(25(30)32-22)16-27-10-12-28(13-11-27)19-8-5-9-20(15-19)31-3/h5,7-9,15,17,21-24,29H,4,6,10-14,16H2,1-3H3/t17-,21-,22-,23+,24-,26-/m1/s1. The number of anilines is 1. The molecule has 0 spiro atoms. The van der Waals surface area contributed by atoms with Gasteiger partial charge in [0.1, 0.15) is 11.9 Å². The summed E-state index contributed by atoms with van der Waals surface area (Å²) in [5.41, 5.74) is 2.23. The van der Waals surface area contributed by atoms with Gasteiger partial charge < -0.3 is 19.5 Å². The topological polar surface area (TPSA) is 62.2 Å². The number of esters is 1. The Kier molecular flexibility index (Phi) is 5.70. The molecule has 1 saturated carbocycles. The van der Waals surface area contributed by atoms with Gasteiger partial charge in [0.05, 0.1) is 19.1 Å². The fourth-order valence-electron chi connectivity index (χ4n) is 6.55. The van der Waals surface area contributed by atoms with Crippen LogP contribution in [0, 0.1) is 23.2 Å². The molecule has 0 unspecified atom stereocenters. The van der Waals surface area contributed by atoms with Crippen LogP contribution in [0.25, 0.3) is 0 Å². The van der Waals surface area contributed by atoms with Crippen LogP contribution < -0.4 is 9.64 Å². The Morgan fingerprint density at radius 3 is 2.78 bits per heavy atom. The molecule has 32 heavy (non-hydrogen) atoms.